The fraction of sp³-hybridized carbons (Fsp3) is 0.400. The number of carbonyl (C=O) groups is 2. The number of hydrazone groups is 1. The predicted octanol–water partition coefficient (Wildman–Crippen LogP) is 6.97. The average molecular weight is 590 g/mol. The number of aliphatic hydroxyl groups is 1. The molecule has 0 aliphatic heterocycles. The average Bonchev–Trinajstić information content (AvgIpc) is 2.99. The van der Waals surface area contributed by atoms with Crippen LogP contribution in [0.1, 0.15) is 62.8 Å². The Bertz CT molecular complexity index is 1280. The summed E-state index contributed by atoms with van der Waals surface area (Å²) in [4.78, 5) is 25.7. The molecule has 7 heteroatoms. The Morgan fingerprint density at radius 1 is 0.929 bits per heavy atom. The molecule has 226 valence electrons. The third kappa shape index (κ3) is 10.4. The zero-order chi connectivity index (χ0) is 31.1. The number of amidine groups is 1. The van der Waals surface area contributed by atoms with E-state index >= 15 is 0 Å². The van der Waals surface area contributed by atoms with E-state index in [1.165, 1.54) is 16.7 Å². The minimum Gasteiger partial charge on any atom is -0.400 e. The number of thioether (sulfide) groups is 1. The molecule has 6 nitrogen and oxygen atoms in total. The van der Waals surface area contributed by atoms with Gasteiger partial charge in [0.2, 0.25) is 6.41 Å². The number of amides is 1. The molecule has 0 radical (unpaired) electrons. The number of nitrogens with zero attached hydrogens (tertiary/aromatic N) is 3. The highest BCUT2D eigenvalue weighted by molar-refractivity contribution is 7.98. The van der Waals surface area contributed by atoms with Crippen LogP contribution >= 0.6 is 11.8 Å². The summed E-state index contributed by atoms with van der Waals surface area (Å²) in [6, 6.07) is 23.6. The lowest BCUT2D eigenvalue weighted by atomic mass is 9.87. The van der Waals surface area contributed by atoms with E-state index < -0.39 is 0 Å². The van der Waals surface area contributed by atoms with Crippen molar-refractivity contribution in [2.24, 2.45) is 5.10 Å². The van der Waals surface area contributed by atoms with Crippen LogP contribution in [-0.2, 0) is 34.4 Å². The van der Waals surface area contributed by atoms with Crippen LogP contribution in [0.25, 0.3) is 11.1 Å². The third-order valence-electron chi connectivity index (χ3n) is 7.05. The van der Waals surface area contributed by atoms with Crippen molar-refractivity contribution in [3.63, 3.8) is 0 Å². The molecule has 3 rings (SSSR count). The van der Waals surface area contributed by atoms with Crippen molar-refractivity contribution in [3.05, 3.63) is 89.0 Å². The van der Waals surface area contributed by atoms with Gasteiger partial charge in [0.05, 0.1) is 6.54 Å². The molecule has 0 unspecified atom stereocenters. The SMILES string of the molecule is CCN(C=O)/C(CCCc1ccc(-c2ccc(SC)c(CC=O)c2)cc1)=N\N(C)Cc1ccc(C(C)(C)C)cc1.CO. The van der Waals surface area contributed by atoms with Crippen molar-refractivity contribution in [1.29, 1.82) is 0 Å². The highest BCUT2D eigenvalue weighted by Crippen LogP contribution is 2.28. The molecule has 0 spiro atoms. The Morgan fingerprint density at radius 2 is 1.55 bits per heavy atom. The minimum absolute atomic E-state index is 0.127. The number of aliphatic hydroxyl groups excluding tert-OH is 1. The summed E-state index contributed by atoms with van der Waals surface area (Å²) in [6.07, 6.45) is 6.81. The summed E-state index contributed by atoms with van der Waals surface area (Å²) < 4.78 is 0. The predicted molar refractivity (Wildman–Crippen MR) is 177 cm³/mol. The number of benzene rings is 3. The number of rotatable bonds is 13. The first kappa shape index (κ1) is 34.8. The van der Waals surface area contributed by atoms with E-state index in [2.05, 4.69) is 87.5 Å². The van der Waals surface area contributed by atoms with Gasteiger partial charge in [-0.2, -0.15) is 5.10 Å². The molecule has 42 heavy (non-hydrogen) atoms. The van der Waals surface area contributed by atoms with E-state index in [1.807, 2.05) is 25.2 Å². The van der Waals surface area contributed by atoms with Gasteiger partial charge in [0.25, 0.3) is 0 Å². The molecule has 0 saturated heterocycles. The number of carbonyl (C=O) groups excluding carboxylic acids is 2. The molecule has 0 aliphatic carbocycles. The van der Waals surface area contributed by atoms with Gasteiger partial charge in [-0.3, -0.25) is 9.80 Å². The molecular weight excluding hydrogens is 542 g/mol. The zero-order valence-electron chi connectivity index (χ0n) is 26.3. The molecule has 1 amide bonds. The highest BCUT2D eigenvalue weighted by atomic mass is 32.2. The van der Waals surface area contributed by atoms with E-state index in [-0.39, 0.29) is 5.41 Å². The second-order valence-electron chi connectivity index (χ2n) is 11.1. The van der Waals surface area contributed by atoms with E-state index in [0.717, 1.165) is 60.1 Å². The summed E-state index contributed by atoms with van der Waals surface area (Å²) in [6.45, 7) is 9.89. The lowest BCUT2D eigenvalue weighted by molar-refractivity contribution is -0.114. The lowest BCUT2D eigenvalue weighted by Crippen LogP contribution is -2.31. The molecule has 3 aromatic rings. The van der Waals surface area contributed by atoms with Gasteiger partial charge in [-0.1, -0.05) is 75.4 Å². The van der Waals surface area contributed by atoms with Crippen molar-refractivity contribution < 1.29 is 14.7 Å². The molecule has 0 fully saturated rings. The third-order valence-corrected chi connectivity index (χ3v) is 7.89. The Kier molecular flexibility index (Phi) is 14.5. The maximum atomic E-state index is 11.8. The van der Waals surface area contributed by atoms with Crippen LogP contribution in [0.15, 0.2) is 76.7 Å². The number of aldehydes is 1. The Balaban J connectivity index is 0.00000301. The van der Waals surface area contributed by atoms with Crippen molar-refractivity contribution >= 4 is 30.3 Å². The van der Waals surface area contributed by atoms with Gasteiger partial charge in [-0.05, 0) is 76.9 Å². The summed E-state index contributed by atoms with van der Waals surface area (Å²) >= 11 is 1.67. The minimum atomic E-state index is 0.127. The smallest absolute Gasteiger partial charge is 0.215 e. The molecule has 3 aromatic carbocycles. The normalized spacial score (nSPS) is 11.4. The van der Waals surface area contributed by atoms with Gasteiger partial charge in [0.1, 0.15) is 12.1 Å². The van der Waals surface area contributed by atoms with E-state index in [4.69, 9.17) is 10.2 Å². The van der Waals surface area contributed by atoms with E-state index in [0.29, 0.717) is 25.9 Å². The highest BCUT2D eigenvalue weighted by Gasteiger charge is 2.14. The molecule has 1 N–H and O–H groups in total. The Hall–Kier alpha value is -3.42. The fourth-order valence-corrected chi connectivity index (χ4v) is 5.31. The van der Waals surface area contributed by atoms with Gasteiger partial charge in [-0.25, -0.2) is 0 Å². The largest absolute Gasteiger partial charge is 0.400 e. The molecule has 0 atom stereocenters. The van der Waals surface area contributed by atoms with Crippen molar-refractivity contribution in [3.8, 4) is 11.1 Å². The topological polar surface area (TPSA) is 73.2 Å². The van der Waals surface area contributed by atoms with Crippen LogP contribution in [0.3, 0.4) is 0 Å². The summed E-state index contributed by atoms with van der Waals surface area (Å²) in [5.41, 5.74) is 7.20. The van der Waals surface area contributed by atoms with Crippen molar-refractivity contribution in [1.82, 2.24) is 9.91 Å². The van der Waals surface area contributed by atoms with Gasteiger partial charge >= 0.3 is 0 Å². The van der Waals surface area contributed by atoms with Crippen LogP contribution in [0, 0.1) is 0 Å². The van der Waals surface area contributed by atoms with Gasteiger partial charge in [0, 0.05) is 38.4 Å². The van der Waals surface area contributed by atoms with Crippen molar-refractivity contribution in [2.45, 2.75) is 70.2 Å². The zero-order valence-corrected chi connectivity index (χ0v) is 27.1. The Morgan fingerprint density at radius 3 is 2.10 bits per heavy atom. The summed E-state index contributed by atoms with van der Waals surface area (Å²) in [7, 11) is 2.96. The second kappa shape index (κ2) is 17.5. The van der Waals surface area contributed by atoms with E-state index in [9.17, 15) is 9.59 Å². The summed E-state index contributed by atoms with van der Waals surface area (Å²) in [5.74, 6) is 0.791. The second-order valence-corrected chi connectivity index (χ2v) is 12.0. The number of hydrogen-bond acceptors (Lipinski definition) is 6. The van der Waals surface area contributed by atoms with Crippen LogP contribution in [-0.4, -0.2) is 60.5 Å². The van der Waals surface area contributed by atoms with Crippen LogP contribution in [0.4, 0.5) is 0 Å². The van der Waals surface area contributed by atoms with Gasteiger partial charge in [-0.15, -0.1) is 11.8 Å². The van der Waals surface area contributed by atoms with Crippen LogP contribution in [0.2, 0.25) is 0 Å². The number of hydrogen-bond donors (Lipinski definition) is 1. The first-order valence-electron chi connectivity index (χ1n) is 14.4. The fourth-order valence-electron chi connectivity index (χ4n) is 4.70. The number of aryl methyl sites for hydroxylation is 1. The van der Waals surface area contributed by atoms with Gasteiger partial charge < -0.3 is 14.8 Å². The lowest BCUT2D eigenvalue weighted by Gasteiger charge is -2.22. The van der Waals surface area contributed by atoms with Crippen molar-refractivity contribution in [2.75, 3.05) is 27.0 Å². The molecule has 0 aliphatic rings. The van der Waals surface area contributed by atoms with Gasteiger partial charge in [0.15, 0.2) is 0 Å². The Labute approximate surface area is 256 Å². The maximum absolute atomic E-state index is 11.8. The first-order valence-corrected chi connectivity index (χ1v) is 15.7. The molecule has 0 heterocycles. The molecular formula is C35H47N3O3S. The molecule has 0 saturated carbocycles. The first-order chi connectivity index (χ1) is 20.2. The monoisotopic (exact) mass is 589 g/mol. The quantitative estimate of drug-likeness (QED) is 0.0766. The maximum Gasteiger partial charge on any atom is 0.215 e. The molecule has 0 aromatic heterocycles. The van der Waals surface area contributed by atoms with Crippen LogP contribution in [0.5, 0.6) is 0 Å². The molecule has 0 bridgehead atoms. The summed E-state index contributed by atoms with van der Waals surface area (Å²) in [5, 5.41) is 13.7. The standard InChI is InChI=1S/C34H43N3O2S.CH4O/c1-7-37(25-39)33(35-36(5)24-27-13-18-31(19-14-27)34(2,3)4)10-8-9-26-11-15-28(16-12-26)29-17-20-32(40-6)30(23-29)21-22-38;1-2/h11-20,22-23,25H,7-10,21,24H2,1-6H3;2H,1H3/b35-33-;. The van der Waals surface area contributed by atoms with Crippen LogP contribution < -0.4 is 0 Å². The van der Waals surface area contributed by atoms with E-state index in [1.54, 1.807) is 16.7 Å².